The standard InChI is InChI=1S/C55H38/c1-55(2)49-25-13-24-43(53(49)54-42-18-6-5-15-36(42)32-33-50(54)55)37-27-29-38(30-28-37)51-45-20-9-11-22-47(45)52(48-23-12-10-21-46(48)51)44-19-8-7-17-41(44)40-31-26-35-14-3-4-16-39(35)34-40/h3-34H,1-2H3. The van der Waals surface area contributed by atoms with Crippen LogP contribution in [-0.2, 0) is 5.41 Å². The molecule has 0 fully saturated rings. The van der Waals surface area contributed by atoms with Gasteiger partial charge < -0.3 is 0 Å². The fourth-order valence-electron chi connectivity index (χ4n) is 9.65. The average molecular weight is 699 g/mol. The minimum Gasteiger partial charge on any atom is -0.0616 e. The van der Waals surface area contributed by atoms with Crippen molar-refractivity contribution in [3.05, 3.63) is 205 Å². The van der Waals surface area contributed by atoms with E-state index in [1.165, 1.54) is 110 Å². The van der Waals surface area contributed by atoms with Gasteiger partial charge in [-0.1, -0.05) is 202 Å². The number of hydrogen-bond donors (Lipinski definition) is 0. The van der Waals surface area contributed by atoms with Gasteiger partial charge in [0.1, 0.15) is 0 Å². The molecular weight excluding hydrogens is 661 g/mol. The van der Waals surface area contributed by atoms with Gasteiger partial charge in [-0.25, -0.2) is 0 Å². The molecule has 0 radical (unpaired) electrons. The normalized spacial score (nSPS) is 13.1. The quantitative estimate of drug-likeness (QED) is 0.161. The second kappa shape index (κ2) is 12.1. The molecule has 0 nitrogen and oxygen atoms in total. The lowest BCUT2D eigenvalue weighted by Gasteiger charge is -2.22. The Bertz CT molecular complexity index is 3100. The summed E-state index contributed by atoms with van der Waals surface area (Å²) >= 11 is 0. The van der Waals surface area contributed by atoms with Crippen LogP contribution in [0.3, 0.4) is 0 Å². The van der Waals surface area contributed by atoms with Gasteiger partial charge in [0.15, 0.2) is 0 Å². The van der Waals surface area contributed by atoms with Crippen molar-refractivity contribution in [2.75, 3.05) is 0 Å². The van der Waals surface area contributed by atoms with Gasteiger partial charge in [-0.3, -0.25) is 0 Å². The van der Waals surface area contributed by atoms with Crippen molar-refractivity contribution < 1.29 is 0 Å². The molecule has 0 saturated carbocycles. The lowest BCUT2D eigenvalue weighted by molar-refractivity contribution is 0.661. The maximum Gasteiger partial charge on any atom is 0.0159 e. The molecule has 0 heteroatoms. The van der Waals surface area contributed by atoms with E-state index in [4.69, 9.17) is 0 Å². The molecule has 10 aromatic rings. The van der Waals surface area contributed by atoms with Crippen LogP contribution in [0.1, 0.15) is 25.0 Å². The molecule has 10 aromatic carbocycles. The van der Waals surface area contributed by atoms with E-state index in [0.29, 0.717) is 0 Å². The van der Waals surface area contributed by atoms with Crippen molar-refractivity contribution in [2.45, 2.75) is 19.3 Å². The molecule has 0 saturated heterocycles. The van der Waals surface area contributed by atoms with Crippen molar-refractivity contribution >= 4 is 43.1 Å². The molecule has 0 aliphatic heterocycles. The third-order valence-corrected chi connectivity index (χ3v) is 12.3. The van der Waals surface area contributed by atoms with Gasteiger partial charge in [-0.05, 0) is 116 Å². The molecule has 0 N–H and O–H groups in total. The molecule has 11 rings (SSSR count). The molecule has 0 spiro atoms. The summed E-state index contributed by atoms with van der Waals surface area (Å²) < 4.78 is 0. The first kappa shape index (κ1) is 31.7. The zero-order valence-electron chi connectivity index (χ0n) is 31.0. The van der Waals surface area contributed by atoms with Gasteiger partial charge >= 0.3 is 0 Å². The summed E-state index contributed by atoms with van der Waals surface area (Å²) in [5.41, 5.74) is 15.5. The summed E-state index contributed by atoms with van der Waals surface area (Å²) in [6.07, 6.45) is 0. The number of benzene rings is 10. The molecule has 1 aliphatic carbocycles. The van der Waals surface area contributed by atoms with Crippen molar-refractivity contribution in [2.24, 2.45) is 0 Å². The van der Waals surface area contributed by atoms with Crippen LogP contribution in [0.4, 0.5) is 0 Å². The van der Waals surface area contributed by atoms with Crippen LogP contribution >= 0.6 is 0 Å². The largest absolute Gasteiger partial charge is 0.0616 e. The predicted octanol–water partition coefficient (Wildman–Crippen LogP) is 15.3. The van der Waals surface area contributed by atoms with E-state index in [2.05, 4.69) is 208 Å². The van der Waals surface area contributed by atoms with E-state index in [0.717, 1.165) is 0 Å². The molecule has 0 unspecified atom stereocenters. The summed E-state index contributed by atoms with van der Waals surface area (Å²) in [6.45, 7) is 4.75. The Balaban J connectivity index is 1.09. The summed E-state index contributed by atoms with van der Waals surface area (Å²) in [6, 6.07) is 72.1. The lowest BCUT2D eigenvalue weighted by atomic mass is 9.81. The highest BCUT2D eigenvalue weighted by Crippen LogP contribution is 2.54. The second-order valence-electron chi connectivity index (χ2n) is 15.6. The molecule has 0 bridgehead atoms. The zero-order valence-corrected chi connectivity index (χ0v) is 31.0. The molecule has 0 amide bonds. The highest BCUT2D eigenvalue weighted by Gasteiger charge is 2.37. The molecule has 258 valence electrons. The smallest absolute Gasteiger partial charge is 0.0159 e. The number of hydrogen-bond acceptors (Lipinski definition) is 0. The van der Waals surface area contributed by atoms with E-state index in [1.54, 1.807) is 0 Å². The van der Waals surface area contributed by atoms with Crippen molar-refractivity contribution in [3.8, 4) is 55.6 Å². The van der Waals surface area contributed by atoms with Crippen LogP contribution in [0.5, 0.6) is 0 Å². The van der Waals surface area contributed by atoms with Gasteiger partial charge in [-0.2, -0.15) is 0 Å². The van der Waals surface area contributed by atoms with E-state index in [9.17, 15) is 0 Å². The van der Waals surface area contributed by atoms with Crippen molar-refractivity contribution in [1.82, 2.24) is 0 Å². The lowest BCUT2D eigenvalue weighted by Crippen LogP contribution is -2.14. The molecule has 0 atom stereocenters. The fourth-order valence-corrected chi connectivity index (χ4v) is 9.65. The highest BCUT2D eigenvalue weighted by atomic mass is 14.4. The predicted molar refractivity (Wildman–Crippen MR) is 236 cm³/mol. The Hall–Kier alpha value is -6.76. The summed E-state index contributed by atoms with van der Waals surface area (Å²) in [5.74, 6) is 0. The van der Waals surface area contributed by atoms with Gasteiger partial charge in [0, 0.05) is 5.41 Å². The van der Waals surface area contributed by atoms with Gasteiger partial charge in [-0.15, -0.1) is 0 Å². The van der Waals surface area contributed by atoms with Gasteiger partial charge in [0.25, 0.3) is 0 Å². The molecule has 0 heterocycles. The van der Waals surface area contributed by atoms with Gasteiger partial charge in [0.2, 0.25) is 0 Å². The molecule has 0 aromatic heterocycles. The van der Waals surface area contributed by atoms with Gasteiger partial charge in [0.05, 0.1) is 0 Å². The number of rotatable bonds is 4. The van der Waals surface area contributed by atoms with Crippen LogP contribution < -0.4 is 0 Å². The van der Waals surface area contributed by atoms with Crippen LogP contribution in [0.2, 0.25) is 0 Å². The SMILES string of the molecule is CC1(C)c2cccc(-c3ccc(-c4c5ccccc5c(-c5ccccc5-c5ccc6ccccc6c5)c5ccccc45)cc3)c2-c2c1ccc1ccccc21. The Morgan fingerprint density at radius 2 is 0.764 bits per heavy atom. The first-order chi connectivity index (χ1) is 27.1. The topological polar surface area (TPSA) is 0 Å². The maximum atomic E-state index is 2.37. The Morgan fingerprint density at radius 3 is 1.47 bits per heavy atom. The first-order valence-corrected chi connectivity index (χ1v) is 19.4. The summed E-state index contributed by atoms with van der Waals surface area (Å²) in [4.78, 5) is 0. The minimum atomic E-state index is -0.0723. The van der Waals surface area contributed by atoms with Crippen molar-refractivity contribution in [1.29, 1.82) is 0 Å². The monoisotopic (exact) mass is 698 g/mol. The number of fused-ring (bicyclic) bond motifs is 8. The van der Waals surface area contributed by atoms with E-state index in [1.807, 2.05) is 0 Å². The summed E-state index contributed by atoms with van der Waals surface area (Å²) in [5, 5.41) is 10.2. The van der Waals surface area contributed by atoms with Crippen LogP contribution in [-0.4, -0.2) is 0 Å². The van der Waals surface area contributed by atoms with E-state index < -0.39 is 0 Å². The first-order valence-electron chi connectivity index (χ1n) is 19.4. The summed E-state index contributed by atoms with van der Waals surface area (Å²) in [7, 11) is 0. The van der Waals surface area contributed by atoms with E-state index >= 15 is 0 Å². The minimum absolute atomic E-state index is 0.0723. The molecule has 1 aliphatic rings. The third-order valence-electron chi connectivity index (χ3n) is 12.3. The highest BCUT2D eigenvalue weighted by molar-refractivity contribution is 6.22. The molecule has 55 heavy (non-hydrogen) atoms. The zero-order chi connectivity index (χ0) is 36.7. The average Bonchev–Trinajstić information content (AvgIpc) is 3.49. The Labute approximate surface area is 322 Å². The Kier molecular flexibility index (Phi) is 7.00. The van der Waals surface area contributed by atoms with Crippen LogP contribution in [0.15, 0.2) is 194 Å². The van der Waals surface area contributed by atoms with Crippen LogP contribution in [0.25, 0.3) is 98.7 Å². The van der Waals surface area contributed by atoms with Crippen LogP contribution in [0, 0.1) is 0 Å². The Morgan fingerprint density at radius 1 is 0.273 bits per heavy atom. The second-order valence-corrected chi connectivity index (χ2v) is 15.6. The third kappa shape index (κ3) is 4.78. The fraction of sp³-hybridized carbons (Fsp3) is 0.0545. The van der Waals surface area contributed by atoms with E-state index in [-0.39, 0.29) is 5.41 Å². The van der Waals surface area contributed by atoms with Crippen molar-refractivity contribution in [3.63, 3.8) is 0 Å². The maximum absolute atomic E-state index is 2.37. The molecular formula is C55H38.